The highest BCUT2D eigenvalue weighted by Crippen LogP contribution is 2.42. The summed E-state index contributed by atoms with van der Waals surface area (Å²) < 4.78 is 42.1. The van der Waals surface area contributed by atoms with Gasteiger partial charge in [0.1, 0.15) is 5.56 Å². The molecule has 0 amide bonds. The second kappa shape index (κ2) is 4.21. The van der Waals surface area contributed by atoms with Gasteiger partial charge < -0.3 is 14.9 Å². The van der Waals surface area contributed by atoms with Crippen LogP contribution in [0.25, 0.3) is 0 Å². The van der Waals surface area contributed by atoms with E-state index in [0.717, 1.165) is 13.2 Å². The molecule has 0 bridgehead atoms. The lowest BCUT2D eigenvalue weighted by Crippen LogP contribution is -2.08. The minimum Gasteiger partial charge on any atom is -0.504 e. The molecule has 1 aromatic carbocycles. The van der Waals surface area contributed by atoms with E-state index in [1.807, 2.05) is 0 Å². The molecule has 16 heavy (non-hydrogen) atoms. The SMILES string of the molecule is COc1cc(C(C)O)cc(C(F)(F)F)c1O. The highest BCUT2D eigenvalue weighted by molar-refractivity contribution is 5.50. The van der Waals surface area contributed by atoms with E-state index in [0.29, 0.717) is 6.07 Å². The number of alkyl halides is 3. The molecule has 1 unspecified atom stereocenters. The van der Waals surface area contributed by atoms with Gasteiger partial charge in [0, 0.05) is 0 Å². The van der Waals surface area contributed by atoms with Gasteiger partial charge in [0.25, 0.3) is 0 Å². The molecule has 0 aliphatic carbocycles. The van der Waals surface area contributed by atoms with E-state index < -0.39 is 23.6 Å². The first-order valence-electron chi connectivity index (χ1n) is 4.43. The normalized spacial score (nSPS) is 13.6. The monoisotopic (exact) mass is 236 g/mol. The Kier molecular flexibility index (Phi) is 3.32. The van der Waals surface area contributed by atoms with Gasteiger partial charge in [-0.25, -0.2) is 0 Å². The van der Waals surface area contributed by atoms with Crippen LogP contribution in [0.5, 0.6) is 11.5 Å². The second-order valence-corrected chi connectivity index (χ2v) is 3.29. The van der Waals surface area contributed by atoms with Gasteiger partial charge in [-0.1, -0.05) is 0 Å². The maximum Gasteiger partial charge on any atom is 0.420 e. The highest BCUT2D eigenvalue weighted by atomic mass is 19.4. The molecule has 0 radical (unpaired) electrons. The second-order valence-electron chi connectivity index (χ2n) is 3.29. The number of ether oxygens (including phenoxy) is 1. The Morgan fingerprint density at radius 1 is 1.31 bits per heavy atom. The first-order chi connectivity index (χ1) is 7.27. The Bertz CT molecular complexity index is 386. The fourth-order valence-electron chi connectivity index (χ4n) is 1.24. The first-order valence-corrected chi connectivity index (χ1v) is 4.43. The molecule has 90 valence electrons. The van der Waals surface area contributed by atoms with Crippen molar-refractivity contribution in [3.63, 3.8) is 0 Å². The van der Waals surface area contributed by atoms with E-state index in [2.05, 4.69) is 4.74 Å². The van der Waals surface area contributed by atoms with E-state index >= 15 is 0 Å². The molecule has 2 N–H and O–H groups in total. The summed E-state index contributed by atoms with van der Waals surface area (Å²) in [5, 5.41) is 18.5. The number of benzene rings is 1. The first kappa shape index (κ1) is 12.6. The number of phenolic OH excluding ortho intramolecular Hbond substituents is 1. The van der Waals surface area contributed by atoms with Crippen molar-refractivity contribution in [1.29, 1.82) is 0 Å². The van der Waals surface area contributed by atoms with Gasteiger partial charge in [0.05, 0.1) is 13.2 Å². The van der Waals surface area contributed by atoms with E-state index in [-0.39, 0.29) is 11.3 Å². The number of aliphatic hydroxyl groups excluding tert-OH is 1. The summed E-state index contributed by atoms with van der Waals surface area (Å²) in [5.41, 5.74) is -1.19. The number of methoxy groups -OCH3 is 1. The average Bonchev–Trinajstić information content (AvgIpc) is 2.15. The molecular formula is C10H11F3O3. The van der Waals surface area contributed by atoms with Gasteiger partial charge in [-0.3, -0.25) is 0 Å². The predicted molar refractivity (Wildman–Crippen MR) is 50.3 cm³/mol. The van der Waals surface area contributed by atoms with Gasteiger partial charge in [-0.05, 0) is 24.6 Å². The van der Waals surface area contributed by atoms with Crippen molar-refractivity contribution in [2.45, 2.75) is 19.2 Å². The molecule has 0 heterocycles. The Morgan fingerprint density at radius 2 is 1.88 bits per heavy atom. The summed E-state index contributed by atoms with van der Waals surface area (Å²) in [4.78, 5) is 0. The fraction of sp³-hybridized carbons (Fsp3) is 0.400. The number of aromatic hydroxyl groups is 1. The van der Waals surface area contributed by atoms with Crippen LogP contribution in [-0.2, 0) is 6.18 Å². The lowest BCUT2D eigenvalue weighted by molar-refractivity contribution is -0.139. The minimum absolute atomic E-state index is 0.0296. The van der Waals surface area contributed by atoms with Gasteiger partial charge in [0.15, 0.2) is 11.5 Å². The van der Waals surface area contributed by atoms with Crippen molar-refractivity contribution in [3.8, 4) is 11.5 Å². The van der Waals surface area contributed by atoms with Crippen LogP contribution in [0.1, 0.15) is 24.2 Å². The molecule has 1 atom stereocenters. The third kappa shape index (κ3) is 2.38. The van der Waals surface area contributed by atoms with Crippen LogP contribution in [-0.4, -0.2) is 17.3 Å². The average molecular weight is 236 g/mol. The lowest BCUT2D eigenvalue weighted by Gasteiger charge is -2.15. The number of rotatable bonds is 2. The van der Waals surface area contributed by atoms with Crippen LogP contribution >= 0.6 is 0 Å². The summed E-state index contributed by atoms with van der Waals surface area (Å²) in [7, 11) is 1.14. The number of halogens is 3. The molecule has 0 fully saturated rings. The van der Waals surface area contributed by atoms with E-state index in [9.17, 15) is 23.4 Å². The Hall–Kier alpha value is -1.43. The van der Waals surface area contributed by atoms with Crippen molar-refractivity contribution in [2.75, 3.05) is 7.11 Å². The zero-order valence-electron chi connectivity index (χ0n) is 8.67. The zero-order valence-corrected chi connectivity index (χ0v) is 8.67. The smallest absolute Gasteiger partial charge is 0.420 e. The molecule has 3 nitrogen and oxygen atoms in total. The molecule has 0 spiro atoms. The third-order valence-electron chi connectivity index (χ3n) is 2.10. The van der Waals surface area contributed by atoms with Crippen LogP contribution in [0.4, 0.5) is 13.2 Å². The minimum atomic E-state index is -4.69. The van der Waals surface area contributed by atoms with Crippen LogP contribution in [0.2, 0.25) is 0 Å². The number of hydrogen-bond donors (Lipinski definition) is 2. The van der Waals surface area contributed by atoms with Crippen LogP contribution < -0.4 is 4.74 Å². The van der Waals surface area contributed by atoms with E-state index in [1.54, 1.807) is 0 Å². The highest BCUT2D eigenvalue weighted by Gasteiger charge is 2.36. The summed E-state index contributed by atoms with van der Waals surface area (Å²) in [6, 6.07) is 1.86. The summed E-state index contributed by atoms with van der Waals surface area (Å²) in [6.07, 6.45) is -5.77. The van der Waals surface area contributed by atoms with Crippen molar-refractivity contribution in [3.05, 3.63) is 23.3 Å². The summed E-state index contributed by atoms with van der Waals surface area (Å²) in [5.74, 6) is -1.29. The maximum atomic E-state index is 12.5. The van der Waals surface area contributed by atoms with Crippen molar-refractivity contribution >= 4 is 0 Å². The zero-order chi connectivity index (χ0) is 12.5. The number of hydrogen-bond acceptors (Lipinski definition) is 3. The van der Waals surface area contributed by atoms with Gasteiger partial charge >= 0.3 is 6.18 Å². The molecule has 0 saturated heterocycles. The number of phenols is 1. The molecule has 0 saturated carbocycles. The Labute approximate surface area is 90.1 Å². The molecule has 1 aromatic rings. The molecule has 0 aliphatic rings. The van der Waals surface area contributed by atoms with Crippen LogP contribution in [0, 0.1) is 0 Å². The fourth-order valence-corrected chi connectivity index (χ4v) is 1.24. The largest absolute Gasteiger partial charge is 0.504 e. The maximum absolute atomic E-state index is 12.5. The molecule has 0 aliphatic heterocycles. The van der Waals surface area contributed by atoms with Crippen molar-refractivity contribution in [2.24, 2.45) is 0 Å². The van der Waals surface area contributed by atoms with E-state index in [1.165, 1.54) is 6.92 Å². The van der Waals surface area contributed by atoms with Crippen LogP contribution in [0.15, 0.2) is 12.1 Å². The number of aliphatic hydroxyl groups is 1. The lowest BCUT2D eigenvalue weighted by atomic mass is 10.0. The van der Waals surface area contributed by atoms with Gasteiger partial charge in [-0.2, -0.15) is 13.2 Å². The Morgan fingerprint density at radius 3 is 2.25 bits per heavy atom. The quantitative estimate of drug-likeness (QED) is 0.829. The van der Waals surface area contributed by atoms with Crippen molar-refractivity contribution < 1.29 is 28.1 Å². The van der Waals surface area contributed by atoms with Gasteiger partial charge in [0.2, 0.25) is 0 Å². The molecule has 1 rings (SSSR count). The topological polar surface area (TPSA) is 49.7 Å². The van der Waals surface area contributed by atoms with Gasteiger partial charge in [-0.15, -0.1) is 0 Å². The predicted octanol–water partition coefficient (Wildman–Crippen LogP) is 2.47. The Balaban J connectivity index is 3.42. The molecule has 6 heteroatoms. The standard InChI is InChI=1S/C10H11F3O3/c1-5(14)6-3-7(10(11,12)13)9(15)8(4-6)16-2/h3-5,14-15H,1-2H3. The molecule has 0 aromatic heterocycles. The summed E-state index contributed by atoms with van der Waals surface area (Å²) >= 11 is 0. The van der Waals surface area contributed by atoms with E-state index in [4.69, 9.17) is 0 Å². The summed E-state index contributed by atoms with van der Waals surface area (Å²) in [6.45, 7) is 1.33. The molecular weight excluding hydrogens is 225 g/mol. The van der Waals surface area contributed by atoms with Crippen LogP contribution in [0.3, 0.4) is 0 Å². The van der Waals surface area contributed by atoms with Crippen molar-refractivity contribution in [1.82, 2.24) is 0 Å². The third-order valence-corrected chi connectivity index (χ3v) is 2.10.